The van der Waals surface area contributed by atoms with Crippen LogP contribution in [-0.2, 0) is 28.6 Å². The molecular weight excluding hydrogens is 865 g/mol. The molecule has 0 bridgehead atoms. The molecule has 0 aromatic heterocycles. The van der Waals surface area contributed by atoms with E-state index in [4.69, 9.17) is 14.2 Å². The fourth-order valence-electron chi connectivity index (χ4n) is 9.46. The minimum Gasteiger partial charge on any atom is -0.462 e. The van der Waals surface area contributed by atoms with Crippen molar-refractivity contribution in [2.24, 2.45) is 0 Å². The van der Waals surface area contributed by atoms with Crippen molar-refractivity contribution in [3.05, 3.63) is 24.3 Å². The van der Waals surface area contributed by atoms with Gasteiger partial charge in [0.1, 0.15) is 13.2 Å². The van der Waals surface area contributed by atoms with Crippen molar-refractivity contribution in [3.8, 4) is 0 Å². The quantitative estimate of drug-likeness (QED) is 0.0261. The standard InChI is InChI=1S/C64H120O6/c1-4-7-10-13-16-19-22-25-27-28-29-30-31-32-33-34-35-36-37-40-42-45-48-51-54-57-63(66)69-60-61(59-68-62(65)56-53-50-47-44-41-38-24-21-18-15-12-9-6-3)70-64(67)58-55-52-49-46-43-39-26-23-20-17-14-11-8-5-2/h14,17,23,26,61H,4-13,15-16,18-22,24-25,27-60H2,1-3H3/b17-14-,26-23-. The molecule has 0 heterocycles. The van der Waals surface area contributed by atoms with Crippen molar-refractivity contribution in [1.82, 2.24) is 0 Å². The Bertz CT molecular complexity index is 1130. The van der Waals surface area contributed by atoms with Crippen LogP contribution < -0.4 is 0 Å². The number of ether oxygens (including phenoxy) is 3. The summed E-state index contributed by atoms with van der Waals surface area (Å²) in [4.78, 5) is 38.2. The third kappa shape index (κ3) is 56.8. The molecule has 0 rings (SSSR count). The van der Waals surface area contributed by atoms with E-state index in [1.165, 1.54) is 225 Å². The molecule has 412 valence electrons. The summed E-state index contributed by atoms with van der Waals surface area (Å²) >= 11 is 0. The first kappa shape index (κ1) is 67.9. The minimum atomic E-state index is -0.774. The summed E-state index contributed by atoms with van der Waals surface area (Å²) in [5.74, 6) is -0.861. The van der Waals surface area contributed by atoms with Crippen LogP contribution in [0.15, 0.2) is 24.3 Å². The fourth-order valence-corrected chi connectivity index (χ4v) is 9.46. The van der Waals surface area contributed by atoms with Gasteiger partial charge in [0.25, 0.3) is 0 Å². The number of carbonyl (C=O) groups is 3. The first-order chi connectivity index (χ1) is 34.5. The zero-order chi connectivity index (χ0) is 50.7. The molecule has 0 amide bonds. The number of rotatable bonds is 58. The molecule has 0 saturated carbocycles. The summed E-state index contributed by atoms with van der Waals surface area (Å²) in [7, 11) is 0. The van der Waals surface area contributed by atoms with Crippen molar-refractivity contribution in [2.45, 2.75) is 354 Å². The van der Waals surface area contributed by atoms with Gasteiger partial charge in [-0.2, -0.15) is 0 Å². The third-order valence-electron chi connectivity index (χ3n) is 14.2. The van der Waals surface area contributed by atoms with Crippen molar-refractivity contribution >= 4 is 17.9 Å². The molecule has 0 fully saturated rings. The fraction of sp³-hybridized carbons (Fsp3) is 0.891. The average Bonchev–Trinajstić information content (AvgIpc) is 3.36. The zero-order valence-electron chi connectivity index (χ0n) is 47.3. The second-order valence-electron chi connectivity index (χ2n) is 21.3. The number of allylic oxidation sites excluding steroid dienone is 4. The van der Waals surface area contributed by atoms with Crippen LogP contribution in [0.4, 0.5) is 0 Å². The number of hydrogen-bond acceptors (Lipinski definition) is 6. The van der Waals surface area contributed by atoms with Gasteiger partial charge in [-0.1, -0.05) is 308 Å². The molecule has 0 N–H and O–H groups in total. The summed E-state index contributed by atoms with van der Waals surface area (Å²) in [6.45, 7) is 6.65. The molecule has 0 spiro atoms. The first-order valence-corrected chi connectivity index (χ1v) is 31.3. The molecule has 0 aliphatic carbocycles. The predicted octanol–water partition coefficient (Wildman–Crippen LogP) is 21.1. The highest BCUT2D eigenvalue weighted by molar-refractivity contribution is 5.71. The molecule has 70 heavy (non-hydrogen) atoms. The van der Waals surface area contributed by atoms with Crippen molar-refractivity contribution in [2.75, 3.05) is 13.2 Å². The Morgan fingerprint density at radius 2 is 0.529 bits per heavy atom. The molecule has 0 saturated heterocycles. The van der Waals surface area contributed by atoms with Gasteiger partial charge in [0.05, 0.1) is 0 Å². The summed E-state index contributed by atoms with van der Waals surface area (Å²) in [6.07, 6.45) is 70.5. The van der Waals surface area contributed by atoms with Crippen LogP contribution in [0, 0.1) is 0 Å². The van der Waals surface area contributed by atoms with Gasteiger partial charge in [0.15, 0.2) is 6.10 Å². The summed E-state index contributed by atoms with van der Waals surface area (Å²) in [5, 5.41) is 0. The van der Waals surface area contributed by atoms with Crippen LogP contribution >= 0.6 is 0 Å². The number of carbonyl (C=O) groups excluding carboxylic acids is 3. The number of esters is 3. The normalized spacial score (nSPS) is 12.1. The van der Waals surface area contributed by atoms with Gasteiger partial charge >= 0.3 is 17.9 Å². The van der Waals surface area contributed by atoms with Crippen LogP contribution in [0.25, 0.3) is 0 Å². The van der Waals surface area contributed by atoms with Gasteiger partial charge in [0, 0.05) is 19.3 Å². The Labute approximate surface area is 436 Å². The summed E-state index contributed by atoms with van der Waals surface area (Å²) in [5.41, 5.74) is 0. The number of hydrogen-bond donors (Lipinski definition) is 0. The van der Waals surface area contributed by atoms with Crippen LogP contribution in [0.5, 0.6) is 0 Å². The third-order valence-corrected chi connectivity index (χ3v) is 14.2. The maximum Gasteiger partial charge on any atom is 0.306 e. The Hall–Kier alpha value is -2.11. The van der Waals surface area contributed by atoms with Gasteiger partial charge in [-0.05, 0) is 44.9 Å². The maximum absolute atomic E-state index is 12.8. The van der Waals surface area contributed by atoms with E-state index in [-0.39, 0.29) is 31.1 Å². The van der Waals surface area contributed by atoms with E-state index in [2.05, 4.69) is 45.1 Å². The molecule has 0 aliphatic heterocycles. The number of unbranched alkanes of at least 4 members (excludes halogenated alkanes) is 43. The highest BCUT2D eigenvalue weighted by atomic mass is 16.6. The molecule has 1 unspecified atom stereocenters. The highest BCUT2D eigenvalue weighted by Gasteiger charge is 2.19. The largest absolute Gasteiger partial charge is 0.462 e. The van der Waals surface area contributed by atoms with Gasteiger partial charge < -0.3 is 14.2 Å². The van der Waals surface area contributed by atoms with E-state index < -0.39 is 6.10 Å². The molecule has 0 aromatic carbocycles. The molecule has 0 radical (unpaired) electrons. The Kier molecular flexibility index (Phi) is 57.7. The van der Waals surface area contributed by atoms with E-state index in [9.17, 15) is 14.4 Å². The molecule has 6 nitrogen and oxygen atoms in total. The predicted molar refractivity (Wildman–Crippen MR) is 303 cm³/mol. The average molecular weight is 986 g/mol. The van der Waals surface area contributed by atoms with E-state index in [1.807, 2.05) is 0 Å². The molecule has 6 heteroatoms. The van der Waals surface area contributed by atoms with Crippen molar-refractivity contribution in [3.63, 3.8) is 0 Å². The maximum atomic E-state index is 12.8. The highest BCUT2D eigenvalue weighted by Crippen LogP contribution is 2.18. The first-order valence-electron chi connectivity index (χ1n) is 31.3. The lowest BCUT2D eigenvalue weighted by molar-refractivity contribution is -0.167. The SMILES string of the molecule is CCCC/C=C\C/C=C\CCCCCCCC(=O)OC(COC(=O)CCCCCCCCCCCCCCC)COC(=O)CCCCCCCCCCCCCCCCCCCCCCCCCCC. The molecule has 1 atom stereocenters. The lowest BCUT2D eigenvalue weighted by Crippen LogP contribution is -2.30. The summed E-state index contributed by atoms with van der Waals surface area (Å²) in [6, 6.07) is 0. The van der Waals surface area contributed by atoms with Gasteiger partial charge in [-0.15, -0.1) is 0 Å². The molecule has 0 aromatic rings. The van der Waals surface area contributed by atoms with E-state index in [0.29, 0.717) is 19.3 Å². The van der Waals surface area contributed by atoms with E-state index in [0.717, 1.165) is 83.5 Å². The molecule has 0 aliphatic rings. The minimum absolute atomic E-state index is 0.0713. The molecular formula is C64H120O6. The van der Waals surface area contributed by atoms with Gasteiger partial charge in [-0.25, -0.2) is 0 Å². The smallest absolute Gasteiger partial charge is 0.306 e. The van der Waals surface area contributed by atoms with Crippen LogP contribution in [0.1, 0.15) is 348 Å². The summed E-state index contributed by atoms with van der Waals surface area (Å²) < 4.78 is 16.9. The van der Waals surface area contributed by atoms with Crippen molar-refractivity contribution in [1.29, 1.82) is 0 Å². The lowest BCUT2D eigenvalue weighted by atomic mass is 10.0. The topological polar surface area (TPSA) is 78.9 Å². The van der Waals surface area contributed by atoms with Crippen LogP contribution in [0.3, 0.4) is 0 Å². The van der Waals surface area contributed by atoms with E-state index in [1.54, 1.807) is 0 Å². The van der Waals surface area contributed by atoms with Crippen molar-refractivity contribution < 1.29 is 28.6 Å². The van der Waals surface area contributed by atoms with Crippen LogP contribution in [-0.4, -0.2) is 37.2 Å². The Morgan fingerprint density at radius 1 is 0.286 bits per heavy atom. The zero-order valence-corrected chi connectivity index (χ0v) is 47.3. The Morgan fingerprint density at radius 3 is 0.829 bits per heavy atom. The lowest BCUT2D eigenvalue weighted by Gasteiger charge is -2.18. The second kappa shape index (κ2) is 59.5. The van der Waals surface area contributed by atoms with Gasteiger partial charge in [-0.3, -0.25) is 14.4 Å². The van der Waals surface area contributed by atoms with Gasteiger partial charge in [0.2, 0.25) is 0 Å². The van der Waals surface area contributed by atoms with Crippen LogP contribution in [0.2, 0.25) is 0 Å². The van der Waals surface area contributed by atoms with E-state index >= 15 is 0 Å². The second-order valence-corrected chi connectivity index (χ2v) is 21.3. The monoisotopic (exact) mass is 985 g/mol. The Balaban J connectivity index is 4.19.